The van der Waals surface area contributed by atoms with Gasteiger partial charge in [0.25, 0.3) is 0 Å². The van der Waals surface area contributed by atoms with Gasteiger partial charge >= 0.3 is 5.97 Å². The Morgan fingerprint density at radius 3 is 2.64 bits per heavy atom. The molecule has 1 N–H and O–H groups in total. The van der Waals surface area contributed by atoms with Crippen LogP contribution in [0.5, 0.6) is 0 Å². The molecule has 0 radical (unpaired) electrons. The number of carboxylic acids is 1. The summed E-state index contributed by atoms with van der Waals surface area (Å²) in [6.45, 7) is 2.05. The van der Waals surface area contributed by atoms with Crippen LogP contribution in [0, 0.1) is 6.92 Å². The molecule has 2 heterocycles. The minimum atomic E-state index is -0.766. The summed E-state index contributed by atoms with van der Waals surface area (Å²) in [5.41, 5.74) is 5.60. The maximum atomic E-state index is 11.0. The Morgan fingerprint density at radius 2 is 1.95 bits per heavy atom. The molecule has 0 atom stereocenters. The molecule has 3 rings (SSSR count). The molecule has 0 spiro atoms. The maximum absolute atomic E-state index is 11.0. The molecule has 0 bridgehead atoms. The Kier molecular flexibility index (Phi) is 3.67. The predicted octanol–water partition coefficient (Wildman–Crippen LogP) is 3.57. The topological polar surface area (TPSA) is 55.1 Å². The fourth-order valence-electron chi connectivity index (χ4n) is 3.01. The molecule has 4 nitrogen and oxygen atoms in total. The van der Waals surface area contributed by atoms with Crippen molar-refractivity contribution in [2.75, 3.05) is 0 Å². The molecule has 112 valence electrons. The van der Waals surface area contributed by atoms with E-state index in [1.54, 1.807) is 12.4 Å². The second-order valence-corrected chi connectivity index (χ2v) is 5.45. The summed E-state index contributed by atoms with van der Waals surface area (Å²) in [6.07, 6.45) is 4.24. The van der Waals surface area contributed by atoms with Crippen molar-refractivity contribution < 1.29 is 9.90 Å². The van der Waals surface area contributed by atoms with Gasteiger partial charge in [0.1, 0.15) is 0 Å². The van der Waals surface area contributed by atoms with Crippen molar-refractivity contribution in [1.82, 2.24) is 9.55 Å². The summed E-state index contributed by atoms with van der Waals surface area (Å²) in [4.78, 5) is 15.0. The van der Waals surface area contributed by atoms with E-state index in [1.807, 2.05) is 32.2 Å². The lowest BCUT2D eigenvalue weighted by Gasteiger charge is -2.06. The second kappa shape index (κ2) is 5.64. The van der Waals surface area contributed by atoms with Crippen molar-refractivity contribution in [2.45, 2.75) is 19.8 Å². The van der Waals surface area contributed by atoms with Crippen LogP contribution in [-0.2, 0) is 18.3 Å². The standard InChI is InChI=1S/C18H18N2O2/c1-12-14(6-7-17(21)22)18-15(13-8-10-19-11-9-13)4-3-5-16(18)20(12)2/h3-5,8-11H,6-7H2,1-2H3,(H,21,22). The van der Waals surface area contributed by atoms with E-state index in [9.17, 15) is 4.79 Å². The molecule has 3 aromatic rings. The van der Waals surface area contributed by atoms with Gasteiger partial charge in [-0.2, -0.15) is 0 Å². The molecule has 2 aromatic heterocycles. The van der Waals surface area contributed by atoms with E-state index >= 15 is 0 Å². The van der Waals surface area contributed by atoms with Crippen molar-refractivity contribution in [3.05, 3.63) is 54.0 Å². The zero-order valence-corrected chi connectivity index (χ0v) is 12.7. The smallest absolute Gasteiger partial charge is 0.303 e. The minimum absolute atomic E-state index is 0.143. The average Bonchev–Trinajstić information content (AvgIpc) is 2.78. The highest BCUT2D eigenvalue weighted by Crippen LogP contribution is 2.34. The third-order valence-corrected chi connectivity index (χ3v) is 4.23. The normalized spacial score (nSPS) is 11.0. The molecule has 0 aliphatic carbocycles. The third kappa shape index (κ3) is 2.37. The number of aryl methyl sites for hydroxylation is 2. The molecule has 0 unspecified atom stereocenters. The van der Waals surface area contributed by atoms with Gasteiger partial charge in [-0.1, -0.05) is 12.1 Å². The number of hydrogen-bond acceptors (Lipinski definition) is 2. The molecule has 4 heteroatoms. The van der Waals surface area contributed by atoms with Crippen molar-refractivity contribution in [1.29, 1.82) is 0 Å². The van der Waals surface area contributed by atoms with Crippen molar-refractivity contribution >= 4 is 16.9 Å². The van der Waals surface area contributed by atoms with E-state index in [-0.39, 0.29) is 6.42 Å². The minimum Gasteiger partial charge on any atom is -0.481 e. The number of pyridine rings is 1. The number of fused-ring (bicyclic) bond motifs is 1. The van der Waals surface area contributed by atoms with Gasteiger partial charge < -0.3 is 9.67 Å². The van der Waals surface area contributed by atoms with E-state index in [0.717, 1.165) is 33.3 Å². The quantitative estimate of drug-likeness (QED) is 0.800. The number of carboxylic acid groups (broad SMARTS) is 1. The summed E-state index contributed by atoms with van der Waals surface area (Å²) < 4.78 is 2.14. The van der Waals surface area contributed by atoms with Crippen LogP contribution in [0.3, 0.4) is 0 Å². The van der Waals surface area contributed by atoms with Gasteiger partial charge in [0.05, 0.1) is 0 Å². The van der Waals surface area contributed by atoms with E-state index in [4.69, 9.17) is 5.11 Å². The Labute approximate surface area is 129 Å². The van der Waals surface area contributed by atoms with Crippen molar-refractivity contribution in [3.63, 3.8) is 0 Å². The highest BCUT2D eigenvalue weighted by molar-refractivity contribution is 5.99. The van der Waals surface area contributed by atoms with Gasteiger partial charge in [0, 0.05) is 42.5 Å². The fourth-order valence-corrected chi connectivity index (χ4v) is 3.01. The largest absolute Gasteiger partial charge is 0.481 e. The van der Waals surface area contributed by atoms with Crippen molar-refractivity contribution in [2.24, 2.45) is 7.05 Å². The Hall–Kier alpha value is -2.62. The number of aromatic nitrogens is 2. The molecule has 1 aromatic carbocycles. The van der Waals surface area contributed by atoms with E-state index in [1.165, 1.54) is 0 Å². The average molecular weight is 294 g/mol. The summed E-state index contributed by atoms with van der Waals surface area (Å²) in [5.74, 6) is -0.766. The number of rotatable bonds is 4. The van der Waals surface area contributed by atoms with Gasteiger partial charge in [-0.05, 0) is 48.2 Å². The number of aliphatic carboxylic acids is 1. The molecular formula is C18H18N2O2. The SMILES string of the molecule is Cc1c(CCC(=O)O)c2c(-c3ccncc3)cccc2n1C. The lowest BCUT2D eigenvalue weighted by Crippen LogP contribution is -1.99. The third-order valence-electron chi connectivity index (χ3n) is 4.23. The van der Waals surface area contributed by atoms with Gasteiger partial charge in [-0.3, -0.25) is 9.78 Å². The van der Waals surface area contributed by atoms with E-state index in [2.05, 4.69) is 21.7 Å². The number of hydrogen-bond donors (Lipinski definition) is 1. The Morgan fingerprint density at radius 1 is 1.23 bits per heavy atom. The lowest BCUT2D eigenvalue weighted by molar-refractivity contribution is -0.136. The van der Waals surface area contributed by atoms with Gasteiger partial charge in [0.2, 0.25) is 0 Å². The molecule has 0 aliphatic heterocycles. The highest BCUT2D eigenvalue weighted by atomic mass is 16.4. The van der Waals surface area contributed by atoms with E-state index in [0.29, 0.717) is 6.42 Å². The van der Waals surface area contributed by atoms with Gasteiger partial charge in [-0.25, -0.2) is 0 Å². The van der Waals surface area contributed by atoms with Gasteiger partial charge in [0.15, 0.2) is 0 Å². The second-order valence-electron chi connectivity index (χ2n) is 5.45. The highest BCUT2D eigenvalue weighted by Gasteiger charge is 2.16. The van der Waals surface area contributed by atoms with Crippen LogP contribution in [0.4, 0.5) is 0 Å². The Balaban J connectivity index is 2.26. The summed E-state index contributed by atoms with van der Waals surface area (Å²) in [7, 11) is 2.03. The van der Waals surface area contributed by atoms with Crippen LogP contribution >= 0.6 is 0 Å². The van der Waals surface area contributed by atoms with Crippen LogP contribution in [-0.4, -0.2) is 20.6 Å². The molecule has 0 amide bonds. The van der Waals surface area contributed by atoms with Crippen LogP contribution in [0.15, 0.2) is 42.7 Å². The first kappa shape index (κ1) is 14.3. The first-order valence-electron chi connectivity index (χ1n) is 7.28. The van der Waals surface area contributed by atoms with Gasteiger partial charge in [-0.15, -0.1) is 0 Å². The van der Waals surface area contributed by atoms with Crippen LogP contribution < -0.4 is 0 Å². The summed E-state index contributed by atoms with van der Waals surface area (Å²) >= 11 is 0. The predicted molar refractivity (Wildman–Crippen MR) is 86.8 cm³/mol. The zero-order chi connectivity index (χ0) is 15.7. The first-order chi connectivity index (χ1) is 10.6. The fraction of sp³-hybridized carbons (Fsp3) is 0.222. The summed E-state index contributed by atoms with van der Waals surface area (Å²) in [6, 6.07) is 10.2. The number of nitrogens with zero attached hydrogens (tertiary/aromatic N) is 2. The van der Waals surface area contributed by atoms with Crippen molar-refractivity contribution in [3.8, 4) is 11.1 Å². The zero-order valence-electron chi connectivity index (χ0n) is 12.7. The molecule has 22 heavy (non-hydrogen) atoms. The molecule has 0 saturated heterocycles. The molecule has 0 fully saturated rings. The number of carbonyl (C=O) groups is 1. The molecule has 0 aliphatic rings. The van der Waals surface area contributed by atoms with Crippen LogP contribution in [0.2, 0.25) is 0 Å². The number of benzene rings is 1. The lowest BCUT2D eigenvalue weighted by atomic mass is 9.97. The van der Waals surface area contributed by atoms with Crippen LogP contribution in [0.1, 0.15) is 17.7 Å². The monoisotopic (exact) mass is 294 g/mol. The van der Waals surface area contributed by atoms with E-state index < -0.39 is 5.97 Å². The molecule has 0 saturated carbocycles. The van der Waals surface area contributed by atoms with Crippen LogP contribution in [0.25, 0.3) is 22.0 Å². The maximum Gasteiger partial charge on any atom is 0.303 e. The summed E-state index contributed by atoms with van der Waals surface area (Å²) in [5, 5.41) is 10.2. The first-order valence-corrected chi connectivity index (χ1v) is 7.28. The molecular weight excluding hydrogens is 276 g/mol. The Bertz CT molecular complexity index is 835.